The molecular formula is C12H21N3O. The van der Waals surface area contributed by atoms with Crippen LogP contribution >= 0.6 is 0 Å². The fourth-order valence-electron chi connectivity index (χ4n) is 1.32. The van der Waals surface area contributed by atoms with Crippen LogP contribution < -0.4 is 5.32 Å². The average Bonchev–Trinajstić information content (AvgIpc) is 2.22. The van der Waals surface area contributed by atoms with Gasteiger partial charge in [-0.15, -0.1) is 0 Å². The van der Waals surface area contributed by atoms with Gasteiger partial charge in [-0.2, -0.15) is 0 Å². The fraction of sp³-hybridized carbons (Fsp3) is 0.583. The number of aromatic hydroxyl groups is 1. The smallest absolute Gasteiger partial charge is 0.138 e. The highest BCUT2D eigenvalue weighted by molar-refractivity contribution is 5.27. The zero-order chi connectivity index (χ0) is 12.1. The van der Waals surface area contributed by atoms with Crippen LogP contribution in [0.15, 0.2) is 12.1 Å². The molecule has 0 aliphatic rings. The predicted octanol–water partition coefficient (Wildman–Crippen LogP) is 1.14. The summed E-state index contributed by atoms with van der Waals surface area (Å²) >= 11 is 0. The third-order valence-corrected chi connectivity index (χ3v) is 2.70. The number of nitrogens with zero attached hydrogens (tertiary/aromatic N) is 2. The standard InChI is InChI=1S/C12H21N3O/c1-9-5-6-12(16)11(14-9)8-13-7-10(2)15(3)4/h5-6,10,13,16H,7-8H2,1-4H3. The van der Waals surface area contributed by atoms with Crippen molar-refractivity contribution in [1.82, 2.24) is 15.2 Å². The van der Waals surface area contributed by atoms with Crippen LogP contribution in [-0.4, -0.2) is 41.7 Å². The Balaban J connectivity index is 2.45. The van der Waals surface area contributed by atoms with E-state index < -0.39 is 0 Å². The molecule has 1 unspecified atom stereocenters. The van der Waals surface area contributed by atoms with E-state index in [1.54, 1.807) is 12.1 Å². The Hall–Kier alpha value is -1.13. The summed E-state index contributed by atoms with van der Waals surface area (Å²) in [6.45, 7) is 5.55. The zero-order valence-corrected chi connectivity index (χ0v) is 10.5. The lowest BCUT2D eigenvalue weighted by Gasteiger charge is -2.20. The first-order valence-electron chi connectivity index (χ1n) is 5.53. The summed E-state index contributed by atoms with van der Waals surface area (Å²) in [5, 5.41) is 12.9. The lowest BCUT2D eigenvalue weighted by molar-refractivity contribution is 0.301. The average molecular weight is 223 g/mol. The van der Waals surface area contributed by atoms with E-state index in [0.717, 1.165) is 12.2 Å². The maximum atomic E-state index is 9.60. The molecule has 1 aromatic heterocycles. The largest absolute Gasteiger partial charge is 0.506 e. The van der Waals surface area contributed by atoms with Crippen molar-refractivity contribution < 1.29 is 5.11 Å². The SMILES string of the molecule is Cc1ccc(O)c(CNCC(C)N(C)C)n1. The van der Waals surface area contributed by atoms with Gasteiger partial charge in [-0.25, -0.2) is 0 Å². The van der Waals surface area contributed by atoms with Gasteiger partial charge in [-0.1, -0.05) is 0 Å². The van der Waals surface area contributed by atoms with E-state index in [2.05, 4.69) is 36.2 Å². The van der Waals surface area contributed by atoms with Crippen LogP contribution in [0.1, 0.15) is 18.3 Å². The minimum Gasteiger partial charge on any atom is -0.506 e. The van der Waals surface area contributed by atoms with Gasteiger partial charge in [0.05, 0.1) is 5.69 Å². The van der Waals surface area contributed by atoms with Crippen molar-refractivity contribution in [2.24, 2.45) is 0 Å². The van der Waals surface area contributed by atoms with Crippen LogP contribution in [0, 0.1) is 6.92 Å². The molecule has 0 spiro atoms. The zero-order valence-electron chi connectivity index (χ0n) is 10.5. The van der Waals surface area contributed by atoms with Gasteiger partial charge in [0.15, 0.2) is 0 Å². The Kier molecular flexibility index (Phi) is 4.71. The number of aromatic nitrogens is 1. The van der Waals surface area contributed by atoms with E-state index in [4.69, 9.17) is 0 Å². The third-order valence-electron chi connectivity index (χ3n) is 2.70. The van der Waals surface area contributed by atoms with Crippen molar-refractivity contribution in [1.29, 1.82) is 0 Å². The lowest BCUT2D eigenvalue weighted by atomic mass is 10.2. The van der Waals surface area contributed by atoms with E-state index in [9.17, 15) is 5.11 Å². The molecule has 0 amide bonds. The van der Waals surface area contributed by atoms with Crippen LogP contribution in [0.25, 0.3) is 0 Å². The van der Waals surface area contributed by atoms with Gasteiger partial charge in [0.25, 0.3) is 0 Å². The van der Waals surface area contributed by atoms with Gasteiger partial charge in [0.1, 0.15) is 5.75 Å². The Morgan fingerprint density at radius 2 is 2.12 bits per heavy atom. The number of rotatable bonds is 5. The summed E-state index contributed by atoms with van der Waals surface area (Å²) in [7, 11) is 4.10. The van der Waals surface area contributed by atoms with E-state index in [0.29, 0.717) is 18.3 Å². The molecule has 2 N–H and O–H groups in total. The summed E-state index contributed by atoms with van der Waals surface area (Å²) in [5.41, 5.74) is 1.64. The van der Waals surface area contributed by atoms with E-state index >= 15 is 0 Å². The Bertz CT molecular complexity index is 339. The van der Waals surface area contributed by atoms with Crippen molar-refractivity contribution in [3.63, 3.8) is 0 Å². The predicted molar refractivity (Wildman–Crippen MR) is 65.5 cm³/mol. The first kappa shape index (κ1) is 12.9. The van der Waals surface area contributed by atoms with Crippen molar-refractivity contribution in [2.75, 3.05) is 20.6 Å². The summed E-state index contributed by atoms with van der Waals surface area (Å²) in [4.78, 5) is 6.44. The summed E-state index contributed by atoms with van der Waals surface area (Å²) in [6.07, 6.45) is 0. The molecule has 1 atom stereocenters. The second-order valence-electron chi connectivity index (χ2n) is 4.36. The van der Waals surface area contributed by atoms with Gasteiger partial charge >= 0.3 is 0 Å². The number of nitrogens with one attached hydrogen (secondary N) is 1. The van der Waals surface area contributed by atoms with Gasteiger partial charge < -0.3 is 15.3 Å². The Morgan fingerprint density at radius 1 is 1.44 bits per heavy atom. The highest BCUT2D eigenvalue weighted by Crippen LogP contribution is 2.13. The molecule has 4 heteroatoms. The first-order valence-corrected chi connectivity index (χ1v) is 5.53. The molecule has 0 saturated heterocycles. The van der Waals surface area contributed by atoms with Gasteiger partial charge in [0, 0.05) is 24.8 Å². The number of pyridine rings is 1. The Morgan fingerprint density at radius 3 is 2.75 bits per heavy atom. The quantitative estimate of drug-likeness (QED) is 0.786. The summed E-state index contributed by atoms with van der Waals surface area (Å²) < 4.78 is 0. The van der Waals surface area contributed by atoms with Crippen LogP contribution in [0.2, 0.25) is 0 Å². The molecule has 0 radical (unpaired) electrons. The molecule has 0 aliphatic heterocycles. The molecule has 1 heterocycles. The van der Waals surface area contributed by atoms with Gasteiger partial charge in [0.2, 0.25) is 0 Å². The van der Waals surface area contributed by atoms with E-state index in [1.807, 2.05) is 6.92 Å². The maximum absolute atomic E-state index is 9.60. The summed E-state index contributed by atoms with van der Waals surface area (Å²) in [5.74, 6) is 0.260. The molecule has 90 valence electrons. The van der Waals surface area contributed by atoms with Crippen LogP contribution in [0.3, 0.4) is 0 Å². The van der Waals surface area contributed by atoms with Crippen molar-refractivity contribution in [3.8, 4) is 5.75 Å². The van der Waals surface area contributed by atoms with Gasteiger partial charge in [-0.3, -0.25) is 4.98 Å². The minimum absolute atomic E-state index is 0.260. The molecule has 1 rings (SSSR count). The van der Waals surface area contributed by atoms with Crippen molar-refractivity contribution >= 4 is 0 Å². The van der Waals surface area contributed by atoms with Crippen molar-refractivity contribution in [2.45, 2.75) is 26.4 Å². The molecule has 16 heavy (non-hydrogen) atoms. The third kappa shape index (κ3) is 3.79. The molecule has 0 aliphatic carbocycles. The Labute approximate surface area is 97.3 Å². The lowest BCUT2D eigenvalue weighted by Crippen LogP contribution is -2.35. The maximum Gasteiger partial charge on any atom is 0.138 e. The highest BCUT2D eigenvalue weighted by atomic mass is 16.3. The van der Waals surface area contributed by atoms with E-state index in [-0.39, 0.29) is 5.75 Å². The van der Waals surface area contributed by atoms with Crippen LogP contribution in [-0.2, 0) is 6.54 Å². The molecule has 0 aromatic carbocycles. The molecular weight excluding hydrogens is 202 g/mol. The molecule has 0 saturated carbocycles. The molecule has 4 nitrogen and oxygen atoms in total. The first-order chi connectivity index (χ1) is 7.50. The van der Waals surface area contributed by atoms with Crippen molar-refractivity contribution in [3.05, 3.63) is 23.5 Å². The number of likely N-dealkylation sites (N-methyl/N-ethyl adjacent to an activating group) is 1. The second-order valence-corrected chi connectivity index (χ2v) is 4.36. The highest BCUT2D eigenvalue weighted by Gasteiger charge is 2.06. The number of hydrogen-bond donors (Lipinski definition) is 2. The minimum atomic E-state index is 0.260. The summed E-state index contributed by atoms with van der Waals surface area (Å²) in [6, 6.07) is 3.96. The number of hydrogen-bond acceptors (Lipinski definition) is 4. The molecule has 0 bridgehead atoms. The molecule has 1 aromatic rings. The van der Waals surface area contributed by atoms with E-state index in [1.165, 1.54) is 0 Å². The normalized spacial score (nSPS) is 13.1. The topological polar surface area (TPSA) is 48.4 Å². The van der Waals surface area contributed by atoms with Gasteiger partial charge in [-0.05, 0) is 40.1 Å². The van der Waals surface area contributed by atoms with Crippen LogP contribution in [0.5, 0.6) is 5.75 Å². The van der Waals surface area contributed by atoms with Crippen LogP contribution in [0.4, 0.5) is 0 Å². The second kappa shape index (κ2) is 5.82. The number of aryl methyl sites for hydroxylation is 1. The fourth-order valence-corrected chi connectivity index (χ4v) is 1.32. The monoisotopic (exact) mass is 223 g/mol. The molecule has 0 fully saturated rings.